The van der Waals surface area contributed by atoms with Crippen molar-refractivity contribution in [2.24, 2.45) is 0 Å². The fourth-order valence-electron chi connectivity index (χ4n) is 4.29. The summed E-state index contributed by atoms with van der Waals surface area (Å²) in [5.74, 6) is 0. The fourth-order valence-corrected chi connectivity index (χ4v) is 4.29. The Balaban J connectivity index is 1.32. The van der Waals surface area contributed by atoms with Crippen molar-refractivity contribution in [3.63, 3.8) is 0 Å². The largest absolute Gasteiger partial charge is 0.296 e. The zero-order valence-corrected chi connectivity index (χ0v) is 19.2. The summed E-state index contributed by atoms with van der Waals surface area (Å²) >= 11 is 0. The second-order valence-electron chi connectivity index (χ2n) is 8.90. The van der Waals surface area contributed by atoms with Crippen LogP contribution in [-0.2, 0) is 6.54 Å². The molecular formula is C26H47N3. The molecule has 1 N–H and O–H groups in total. The molecule has 3 heteroatoms. The second kappa shape index (κ2) is 16.8. The molecule has 0 saturated carbocycles. The van der Waals surface area contributed by atoms with Crippen molar-refractivity contribution in [1.29, 1.82) is 0 Å². The summed E-state index contributed by atoms with van der Waals surface area (Å²) in [5.41, 5.74) is 5.08. The van der Waals surface area contributed by atoms with Crippen LogP contribution in [0.25, 0.3) is 0 Å². The maximum Gasteiger partial charge on any atom is 0.0259 e. The number of hydrogen-bond donors (Lipinski definition) is 1. The number of nitrogens with zero attached hydrogens (tertiary/aromatic N) is 2. The molecule has 1 aliphatic rings. The lowest BCUT2D eigenvalue weighted by molar-refractivity contribution is 0.0851. The molecule has 0 bridgehead atoms. The fraction of sp³-hybridized carbons (Fsp3) is 0.769. The van der Waals surface area contributed by atoms with Gasteiger partial charge in [-0.3, -0.25) is 10.3 Å². The third-order valence-electron chi connectivity index (χ3n) is 6.24. The summed E-state index contributed by atoms with van der Waals surface area (Å²) < 4.78 is 0. The first kappa shape index (κ1) is 24.4. The van der Waals surface area contributed by atoms with Gasteiger partial charge in [0.2, 0.25) is 0 Å². The van der Waals surface area contributed by atoms with E-state index in [1.54, 1.807) is 0 Å². The maximum absolute atomic E-state index is 3.65. The molecule has 0 amide bonds. The molecule has 1 fully saturated rings. The minimum absolute atomic E-state index is 1.09. The minimum Gasteiger partial charge on any atom is -0.296 e. The molecule has 1 aromatic rings. The topological polar surface area (TPSA) is 18.5 Å². The number of hydrazine groups is 1. The van der Waals surface area contributed by atoms with Gasteiger partial charge in [0, 0.05) is 39.3 Å². The highest BCUT2D eigenvalue weighted by Crippen LogP contribution is 2.12. The molecule has 2 rings (SSSR count). The van der Waals surface area contributed by atoms with E-state index in [0.717, 1.165) is 26.2 Å². The lowest BCUT2D eigenvalue weighted by Crippen LogP contribution is -2.51. The summed E-state index contributed by atoms with van der Waals surface area (Å²) in [5, 5.41) is 2.43. The van der Waals surface area contributed by atoms with Crippen LogP contribution in [0.3, 0.4) is 0 Å². The number of hydrogen-bond acceptors (Lipinski definition) is 3. The van der Waals surface area contributed by atoms with Gasteiger partial charge in [-0.05, 0) is 12.0 Å². The first-order valence-corrected chi connectivity index (χ1v) is 12.6. The monoisotopic (exact) mass is 401 g/mol. The van der Waals surface area contributed by atoms with E-state index in [1.165, 1.54) is 102 Å². The van der Waals surface area contributed by atoms with Gasteiger partial charge in [0.05, 0.1) is 0 Å². The molecular weight excluding hydrogens is 354 g/mol. The Morgan fingerprint density at radius 3 is 1.72 bits per heavy atom. The van der Waals surface area contributed by atoms with E-state index in [2.05, 4.69) is 52.6 Å². The van der Waals surface area contributed by atoms with Gasteiger partial charge < -0.3 is 0 Å². The summed E-state index contributed by atoms with van der Waals surface area (Å²) in [6, 6.07) is 10.9. The van der Waals surface area contributed by atoms with Gasteiger partial charge >= 0.3 is 0 Å². The summed E-state index contributed by atoms with van der Waals surface area (Å²) in [6.07, 6.45) is 18.6. The summed E-state index contributed by atoms with van der Waals surface area (Å²) in [7, 11) is 0. The summed E-state index contributed by atoms with van der Waals surface area (Å²) in [4.78, 5) is 2.57. The molecule has 0 unspecified atom stereocenters. The van der Waals surface area contributed by atoms with E-state index >= 15 is 0 Å². The maximum atomic E-state index is 3.65. The van der Waals surface area contributed by atoms with E-state index in [4.69, 9.17) is 0 Å². The lowest BCUT2D eigenvalue weighted by Gasteiger charge is -2.35. The van der Waals surface area contributed by atoms with Crippen molar-refractivity contribution in [3.8, 4) is 0 Å². The lowest BCUT2D eigenvalue weighted by atomic mass is 10.0. The Morgan fingerprint density at radius 1 is 0.655 bits per heavy atom. The van der Waals surface area contributed by atoms with Crippen LogP contribution >= 0.6 is 0 Å². The molecule has 1 aliphatic heterocycles. The smallest absolute Gasteiger partial charge is 0.0259 e. The van der Waals surface area contributed by atoms with Crippen LogP contribution in [-0.4, -0.2) is 42.6 Å². The highest BCUT2D eigenvalue weighted by Gasteiger charge is 2.16. The first-order chi connectivity index (χ1) is 14.4. The van der Waals surface area contributed by atoms with Gasteiger partial charge in [0.1, 0.15) is 0 Å². The van der Waals surface area contributed by atoms with E-state index in [-0.39, 0.29) is 0 Å². The van der Waals surface area contributed by atoms with Crippen LogP contribution < -0.4 is 5.43 Å². The number of nitrogens with one attached hydrogen (secondary N) is 1. The van der Waals surface area contributed by atoms with Crippen molar-refractivity contribution in [1.82, 2.24) is 15.3 Å². The Labute approximate surface area is 181 Å². The average molecular weight is 402 g/mol. The molecule has 3 nitrogen and oxygen atoms in total. The van der Waals surface area contributed by atoms with Crippen molar-refractivity contribution < 1.29 is 0 Å². The molecule has 0 atom stereocenters. The SMILES string of the molecule is CCCCCCCCCCCCCCCNN1CCN(Cc2ccccc2)CC1. The molecule has 0 radical (unpaired) electrons. The van der Waals surface area contributed by atoms with Gasteiger partial charge in [-0.15, -0.1) is 0 Å². The van der Waals surface area contributed by atoms with Gasteiger partial charge in [-0.25, -0.2) is 5.01 Å². The molecule has 1 aromatic carbocycles. The minimum atomic E-state index is 1.09. The normalized spacial score (nSPS) is 15.8. The van der Waals surface area contributed by atoms with Crippen LogP contribution in [0.5, 0.6) is 0 Å². The zero-order valence-electron chi connectivity index (χ0n) is 19.2. The van der Waals surface area contributed by atoms with Crippen molar-refractivity contribution >= 4 is 0 Å². The quantitative estimate of drug-likeness (QED) is 0.305. The molecule has 166 valence electrons. The Hall–Kier alpha value is -0.900. The highest BCUT2D eigenvalue weighted by atomic mass is 15.5. The Kier molecular flexibility index (Phi) is 14.2. The van der Waals surface area contributed by atoms with Crippen LogP contribution in [0.2, 0.25) is 0 Å². The number of unbranched alkanes of at least 4 members (excludes halogenated alkanes) is 12. The van der Waals surface area contributed by atoms with Crippen LogP contribution in [0.15, 0.2) is 30.3 Å². The number of rotatable bonds is 17. The van der Waals surface area contributed by atoms with Crippen LogP contribution in [0.4, 0.5) is 0 Å². The van der Waals surface area contributed by atoms with E-state index in [9.17, 15) is 0 Å². The van der Waals surface area contributed by atoms with Gasteiger partial charge in [0.25, 0.3) is 0 Å². The standard InChI is InChI=1S/C26H47N3/c1-2-3-4-5-6-7-8-9-10-11-12-13-17-20-27-29-23-21-28(22-24-29)25-26-18-15-14-16-19-26/h14-16,18-19,27H,2-13,17,20-25H2,1H3. The van der Waals surface area contributed by atoms with E-state index < -0.39 is 0 Å². The third kappa shape index (κ3) is 12.4. The predicted molar refractivity (Wildman–Crippen MR) is 127 cm³/mol. The van der Waals surface area contributed by atoms with E-state index in [0.29, 0.717) is 0 Å². The Morgan fingerprint density at radius 2 is 1.17 bits per heavy atom. The summed E-state index contributed by atoms with van der Waals surface area (Å²) in [6.45, 7) is 9.16. The van der Waals surface area contributed by atoms with Crippen molar-refractivity contribution in [2.75, 3.05) is 32.7 Å². The first-order valence-electron chi connectivity index (χ1n) is 12.6. The molecule has 0 spiro atoms. The molecule has 1 heterocycles. The van der Waals surface area contributed by atoms with Crippen molar-refractivity contribution in [2.45, 2.75) is 96.9 Å². The van der Waals surface area contributed by atoms with Crippen LogP contribution in [0.1, 0.15) is 96.0 Å². The van der Waals surface area contributed by atoms with E-state index in [1.807, 2.05) is 0 Å². The predicted octanol–water partition coefficient (Wildman–Crippen LogP) is 6.40. The van der Waals surface area contributed by atoms with Gasteiger partial charge in [-0.2, -0.15) is 0 Å². The van der Waals surface area contributed by atoms with Crippen molar-refractivity contribution in [3.05, 3.63) is 35.9 Å². The molecule has 29 heavy (non-hydrogen) atoms. The average Bonchev–Trinajstić information content (AvgIpc) is 2.76. The zero-order chi connectivity index (χ0) is 20.4. The third-order valence-corrected chi connectivity index (χ3v) is 6.24. The van der Waals surface area contributed by atoms with Gasteiger partial charge in [0.15, 0.2) is 0 Å². The number of piperazine rings is 1. The number of benzene rings is 1. The second-order valence-corrected chi connectivity index (χ2v) is 8.90. The van der Waals surface area contributed by atoms with Crippen LogP contribution in [0, 0.1) is 0 Å². The highest BCUT2D eigenvalue weighted by molar-refractivity contribution is 5.14. The molecule has 0 aromatic heterocycles. The molecule has 1 saturated heterocycles. The Bertz CT molecular complexity index is 468. The van der Waals surface area contributed by atoms with Gasteiger partial charge in [-0.1, -0.05) is 114 Å². The molecule has 0 aliphatic carbocycles.